The van der Waals surface area contributed by atoms with Gasteiger partial charge in [0.2, 0.25) is 5.91 Å². The Morgan fingerprint density at radius 2 is 1.94 bits per heavy atom. The highest BCUT2D eigenvalue weighted by Gasteiger charge is 2.14. The highest BCUT2D eigenvalue weighted by Crippen LogP contribution is 2.27. The van der Waals surface area contributed by atoms with E-state index in [0.717, 1.165) is 35.4 Å². The van der Waals surface area contributed by atoms with Crippen LogP contribution in [-0.2, 0) is 16.0 Å². The van der Waals surface area contributed by atoms with E-state index in [4.69, 9.17) is 25.8 Å². The molecule has 9 heteroatoms. The van der Waals surface area contributed by atoms with Gasteiger partial charge >= 0.3 is 0 Å². The van der Waals surface area contributed by atoms with Crippen LogP contribution in [0.1, 0.15) is 30.4 Å². The molecule has 2 aromatic rings. The molecule has 1 aliphatic rings. The zero-order valence-corrected chi connectivity index (χ0v) is 20.1. The van der Waals surface area contributed by atoms with E-state index in [2.05, 4.69) is 15.8 Å². The molecule has 2 aromatic carbocycles. The first-order chi connectivity index (χ1) is 16.5. The molecule has 1 heterocycles. The third-order valence-corrected chi connectivity index (χ3v) is 5.50. The molecule has 1 aliphatic heterocycles. The topological polar surface area (TPSA) is 101 Å². The van der Waals surface area contributed by atoms with Gasteiger partial charge in [0.05, 0.1) is 23.9 Å². The van der Waals surface area contributed by atoms with Gasteiger partial charge in [-0.05, 0) is 54.9 Å². The largest absolute Gasteiger partial charge is 0.492 e. The highest BCUT2D eigenvalue weighted by atomic mass is 35.5. The first-order valence-corrected chi connectivity index (χ1v) is 11.8. The van der Waals surface area contributed by atoms with Crippen LogP contribution >= 0.6 is 11.6 Å². The number of rotatable bonds is 14. The van der Waals surface area contributed by atoms with Crippen molar-refractivity contribution >= 4 is 23.2 Å². The summed E-state index contributed by atoms with van der Waals surface area (Å²) in [7, 11) is 1.79. The van der Waals surface area contributed by atoms with Gasteiger partial charge in [-0.1, -0.05) is 23.7 Å². The summed E-state index contributed by atoms with van der Waals surface area (Å²) >= 11 is 6.35. The molecule has 0 spiro atoms. The van der Waals surface area contributed by atoms with Crippen molar-refractivity contribution < 1.29 is 24.1 Å². The molecule has 0 aliphatic carbocycles. The minimum absolute atomic E-state index is 0.0719. The Balaban J connectivity index is 1.29. The second-order valence-corrected chi connectivity index (χ2v) is 8.38. The van der Waals surface area contributed by atoms with Gasteiger partial charge in [0.15, 0.2) is 0 Å². The summed E-state index contributed by atoms with van der Waals surface area (Å²) in [4.78, 5) is 11.2. The van der Waals surface area contributed by atoms with Crippen LogP contribution in [0, 0.1) is 0 Å². The minimum atomic E-state index is -0.528. The predicted octanol–water partition coefficient (Wildman–Crippen LogP) is 2.94. The van der Waals surface area contributed by atoms with Gasteiger partial charge in [-0.15, -0.1) is 0 Å². The molecule has 0 radical (unpaired) electrons. The normalized spacial score (nSPS) is 14.3. The van der Waals surface area contributed by atoms with Gasteiger partial charge in [-0.3, -0.25) is 4.79 Å². The summed E-state index contributed by atoms with van der Waals surface area (Å²) in [5.41, 5.74) is 5.35. The molecule has 0 unspecified atom stereocenters. The zero-order valence-electron chi connectivity index (χ0n) is 19.4. The number of benzene rings is 2. The summed E-state index contributed by atoms with van der Waals surface area (Å²) in [6.45, 7) is 2.47. The molecular formula is C25H32ClN3O5. The zero-order chi connectivity index (χ0) is 24.2. The summed E-state index contributed by atoms with van der Waals surface area (Å²) in [6, 6.07) is 13.4. The number of ether oxygens (including phenoxy) is 3. The lowest BCUT2D eigenvalue weighted by atomic mass is 10.0. The fourth-order valence-electron chi connectivity index (χ4n) is 3.35. The number of amides is 1. The lowest BCUT2D eigenvalue weighted by Gasteiger charge is -2.14. The molecule has 184 valence electrons. The Morgan fingerprint density at radius 1 is 1.12 bits per heavy atom. The maximum atomic E-state index is 11.2. The van der Waals surface area contributed by atoms with Crippen LogP contribution in [0.15, 0.2) is 47.6 Å². The Labute approximate surface area is 205 Å². The maximum Gasteiger partial charge on any atom is 0.240 e. The number of likely N-dealkylation sites (N-methyl/N-ethyl adjacent to an activating group) is 1. The third kappa shape index (κ3) is 8.61. The number of carbonyl (C=O) groups excluding carboxylic acids is 1. The van der Waals surface area contributed by atoms with Crippen molar-refractivity contribution in [1.82, 2.24) is 10.7 Å². The number of hydrogen-bond acceptors (Lipinski definition) is 7. The van der Waals surface area contributed by atoms with Gasteiger partial charge in [-0.2, -0.15) is 5.10 Å². The van der Waals surface area contributed by atoms with E-state index >= 15 is 0 Å². The lowest BCUT2D eigenvalue weighted by Crippen LogP contribution is -2.29. The minimum Gasteiger partial charge on any atom is -0.492 e. The summed E-state index contributed by atoms with van der Waals surface area (Å²) in [6.07, 6.45) is 2.05. The van der Waals surface area contributed by atoms with Crippen molar-refractivity contribution in [3.05, 3.63) is 58.6 Å². The number of nitrogens with one attached hydrogen (secondary N) is 2. The van der Waals surface area contributed by atoms with E-state index in [1.54, 1.807) is 7.05 Å². The molecular weight excluding hydrogens is 458 g/mol. The van der Waals surface area contributed by atoms with Crippen molar-refractivity contribution in [3.63, 3.8) is 0 Å². The number of aliphatic hydroxyl groups excluding tert-OH is 1. The molecule has 1 atom stereocenters. The van der Waals surface area contributed by atoms with Crippen LogP contribution in [0.5, 0.6) is 11.5 Å². The number of halogens is 1. The molecule has 0 aromatic heterocycles. The van der Waals surface area contributed by atoms with E-state index in [1.165, 1.54) is 0 Å². The second kappa shape index (κ2) is 13.9. The van der Waals surface area contributed by atoms with Crippen molar-refractivity contribution in [2.75, 3.05) is 40.0 Å². The van der Waals surface area contributed by atoms with E-state index in [-0.39, 0.29) is 12.5 Å². The second-order valence-electron chi connectivity index (χ2n) is 7.97. The Hall–Kier alpha value is -2.65. The van der Waals surface area contributed by atoms with Crippen LogP contribution in [0.3, 0.4) is 0 Å². The Morgan fingerprint density at radius 3 is 2.65 bits per heavy atom. The van der Waals surface area contributed by atoms with Crippen molar-refractivity contribution in [2.24, 2.45) is 5.10 Å². The van der Waals surface area contributed by atoms with Crippen LogP contribution in [0.25, 0.3) is 0 Å². The Bertz CT molecular complexity index is 952. The van der Waals surface area contributed by atoms with E-state index < -0.39 is 6.10 Å². The maximum absolute atomic E-state index is 11.2. The third-order valence-electron chi connectivity index (χ3n) is 5.20. The van der Waals surface area contributed by atoms with Crippen LogP contribution in [0.4, 0.5) is 0 Å². The van der Waals surface area contributed by atoms with E-state index in [0.29, 0.717) is 50.0 Å². The molecule has 0 fully saturated rings. The van der Waals surface area contributed by atoms with Crippen LogP contribution in [-0.4, -0.2) is 62.8 Å². The van der Waals surface area contributed by atoms with Gasteiger partial charge in [-0.25, -0.2) is 5.43 Å². The first kappa shape index (κ1) is 26.0. The quantitative estimate of drug-likeness (QED) is 0.353. The summed E-state index contributed by atoms with van der Waals surface area (Å²) < 4.78 is 17.1. The average molecular weight is 490 g/mol. The number of nitrogens with zero attached hydrogens (tertiary/aromatic N) is 1. The molecule has 8 nitrogen and oxygen atoms in total. The fourth-order valence-corrected chi connectivity index (χ4v) is 3.59. The van der Waals surface area contributed by atoms with E-state index in [9.17, 15) is 9.90 Å². The molecule has 1 amide bonds. The molecule has 0 bridgehead atoms. The monoisotopic (exact) mass is 489 g/mol. The smallest absolute Gasteiger partial charge is 0.240 e. The molecule has 3 N–H and O–H groups in total. The van der Waals surface area contributed by atoms with Crippen molar-refractivity contribution in [3.8, 4) is 11.5 Å². The van der Waals surface area contributed by atoms with Gasteiger partial charge in [0, 0.05) is 32.4 Å². The number of hydrazone groups is 1. The van der Waals surface area contributed by atoms with E-state index in [1.807, 2.05) is 42.5 Å². The molecule has 0 saturated carbocycles. The predicted molar refractivity (Wildman–Crippen MR) is 132 cm³/mol. The SMILES string of the molecule is CNC[C@H](O)COc1ccc(CCOCCCOc2ccc(C3=NNC(=O)CC3)cc2Cl)cc1. The summed E-state index contributed by atoms with van der Waals surface area (Å²) in [5, 5.41) is 17.2. The highest BCUT2D eigenvalue weighted by molar-refractivity contribution is 6.32. The first-order valence-electron chi connectivity index (χ1n) is 11.5. The van der Waals surface area contributed by atoms with Gasteiger partial charge in [0.1, 0.15) is 24.2 Å². The summed E-state index contributed by atoms with van der Waals surface area (Å²) in [5.74, 6) is 1.28. The standard InChI is InChI=1S/C25H32ClN3O5/c1-27-16-20(30)17-34-21-6-3-18(4-7-21)11-14-32-12-2-13-33-24-9-5-19(15-22(24)26)23-8-10-25(31)29-28-23/h3-7,9,15,20,27,30H,2,8,10-14,16-17H2,1H3,(H,29,31)/t20-/m0/s1. The number of hydrogen-bond donors (Lipinski definition) is 3. The van der Waals surface area contributed by atoms with Crippen molar-refractivity contribution in [2.45, 2.75) is 31.8 Å². The molecule has 3 rings (SSSR count). The van der Waals surface area contributed by atoms with Crippen molar-refractivity contribution in [1.29, 1.82) is 0 Å². The lowest BCUT2D eigenvalue weighted by molar-refractivity contribution is -0.121. The fraction of sp³-hybridized carbons (Fsp3) is 0.440. The Kier molecular flexibility index (Phi) is 10.6. The van der Waals surface area contributed by atoms with Gasteiger partial charge in [0.25, 0.3) is 0 Å². The molecule has 0 saturated heterocycles. The average Bonchev–Trinajstić information content (AvgIpc) is 2.84. The van der Waals surface area contributed by atoms with Crippen LogP contribution < -0.4 is 20.2 Å². The number of aliphatic hydroxyl groups is 1. The van der Waals surface area contributed by atoms with Gasteiger partial charge < -0.3 is 24.6 Å². The van der Waals surface area contributed by atoms with Crippen LogP contribution in [0.2, 0.25) is 5.02 Å². The number of carbonyl (C=O) groups is 1. The molecule has 34 heavy (non-hydrogen) atoms.